The maximum Gasteiger partial charge on any atom is 0.315 e. The molecule has 1 saturated carbocycles. The highest BCUT2D eigenvalue weighted by atomic mass is 32.2. The summed E-state index contributed by atoms with van der Waals surface area (Å²) in [5.74, 6) is -0.468. The number of halogens is 1. The highest BCUT2D eigenvalue weighted by Crippen LogP contribution is 2.26. The minimum atomic E-state index is -3.69. The Morgan fingerprint density at radius 3 is 2.20 bits per heavy atom. The zero-order valence-corrected chi connectivity index (χ0v) is 17.0. The van der Waals surface area contributed by atoms with Crippen LogP contribution in [0.25, 0.3) is 0 Å². The van der Waals surface area contributed by atoms with Crippen LogP contribution in [0.3, 0.4) is 0 Å². The maximum atomic E-state index is 13.1. The van der Waals surface area contributed by atoms with Gasteiger partial charge in [-0.05, 0) is 49.9 Å². The fourth-order valence-electron chi connectivity index (χ4n) is 4.12. The fraction of sp³-hybridized carbons (Fsp3) is 0.682. The number of hydrogen-bond donors (Lipinski definition) is 2. The molecule has 1 aliphatic heterocycles. The average Bonchev–Trinajstić information content (AvgIpc) is 3.12. The summed E-state index contributed by atoms with van der Waals surface area (Å²) >= 11 is 0. The molecule has 0 spiro atoms. The standard InChI is InChI=1S/C20H30FN3O3S.2CH4/c21-16-10-12-19(13-11-16)28(26,27)24-14-6-9-18(24)15-22-20(25)23-17-7-4-2-1-3-5-8-17;;/h10-13,17-18H,1-9,14-15H2,(H2,22,23,25);2*1H4. The first-order chi connectivity index (χ1) is 13.5. The van der Waals surface area contributed by atoms with Crippen LogP contribution < -0.4 is 10.6 Å². The van der Waals surface area contributed by atoms with Gasteiger partial charge in [0.1, 0.15) is 5.82 Å². The van der Waals surface area contributed by atoms with Gasteiger partial charge < -0.3 is 10.6 Å². The molecule has 2 aliphatic rings. The first kappa shape index (κ1) is 26.4. The van der Waals surface area contributed by atoms with Crippen molar-refractivity contribution in [3.63, 3.8) is 0 Å². The molecule has 0 aromatic heterocycles. The van der Waals surface area contributed by atoms with Gasteiger partial charge in [0.05, 0.1) is 4.90 Å². The molecule has 1 heterocycles. The van der Waals surface area contributed by atoms with E-state index < -0.39 is 15.8 Å². The first-order valence-electron chi connectivity index (χ1n) is 10.3. The number of carbonyl (C=O) groups is 1. The van der Waals surface area contributed by atoms with Crippen LogP contribution in [0.4, 0.5) is 9.18 Å². The van der Waals surface area contributed by atoms with Gasteiger partial charge in [-0.3, -0.25) is 0 Å². The smallest absolute Gasteiger partial charge is 0.315 e. The first-order valence-corrected chi connectivity index (χ1v) is 11.7. The third-order valence-corrected chi connectivity index (χ3v) is 7.65. The van der Waals surface area contributed by atoms with Gasteiger partial charge in [-0.15, -0.1) is 0 Å². The van der Waals surface area contributed by atoms with Gasteiger partial charge >= 0.3 is 6.03 Å². The quantitative estimate of drug-likeness (QED) is 0.694. The summed E-state index contributed by atoms with van der Waals surface area (Å²) < 4.78 is 40.3. The minimum absolute atomic E-state index is 0. The molecule has 0 bridgehead atoms. The fourth-order valence-corrected chi connectivity index (χ4v) is 5.81. The van der Waals surface area contributed by atoms with E-state index in [-0.39, 0.29) is 44.4 Å². The molecule has 6 nitrogen and oxygen atoms in total. The van der Waals surface area contributed by atoms with E-state index >= 15 is 0 Å². The van der Waals surface area contributed by atoms with Gasteiger partial charge in [0.15, 0.2) is 0 Å². The van der Waals surface area contributed by atoms with Crippen molar-refractivity contribution in [1.82, 2.24) is 14.9 Å². The average molecular weight is 444 g/mol. The summed E-state index contributed by atoms with van der Waals surface area (Å²) in [4.78, 5) is 12.4. The van der Waals surface area contributed by atoms with E-state index in [2.05, 4.69) is 10.6 Å². The van der Waals surface area contributed by atoms with Crippen molar-refractivity contribution in [3.05, 3.63) is 30.1 Å². The van der Waals surface area contributed by atoms with Gasteiger partial charge in [-0.1, -0.05) is 47.0 Å². The molecule has 172 valence electrons. The van der Waals surface area contributed by atoms with E-state index in [1.54, 1.807) is 0 Å². The summed E-state index contributed by atoms with van der Waals surface area (Å²) in [6, 6.07) is 4.57. The predicted octanol–water partition coefficient (Wildman–Crippen LogP) is 4.66. The van der Waals surface area contributed by atoms with Crippen molar-refractivity contribution in [1.29, 1.82) is 0 Å². The predicted molar refractivity (Wildman–Crippen MR) is 119 cm³/mol. The Hall–Kier alpha value is -1.67. The summed E-state index contributed by atoms with van der Waals surface area (Å²) in [6.07, 6.45) is 9.44. The lowest BCUT2D eigenvalue weighted by Crippen LogP contribution is -2.48. The summed E-state index contributed by atoms with van der Waals surface area (Å²) in [6.45, 7) is 0.690. The van der Waals surface area contributed by atoms with Gasteiger partial charge in [0, 0.05) is 25.2 Å². The Labute approximate surface area is 181 Å². The van der Waals surface area contributed by atoms with Crippen molar-refractivity contribution in [3.8, 4) is 0 Å². The van der Waals surface area contributed by atoms with Crippen molar-refractivity contribution in [2.24, 2.45) is 0 Å². The number of urea groups is 1. The molecule has 2 N–H and O–H groups in total. The van der Waals surface area contributed by atoms with E-state index in [9.17, 15) is 17.6 Å². The highest BCUT2D eigenvalue weighted by Gasteiger charge is 2.35. The zero-order chi connectivity index (χ0) is 20.0. The molecule has 1 aromatic rings. The van der Waals surface area contributed by atoms with E-state index in [4.69, 9.17) is 0 Å². The van der Waals surface area contributed by atoms with Crippen LogP contribution in [0, 0.1) is 5.82 Å². The highest BCUT2D eigenvalue weighted by molar-refractivity contribution is 7.89. The van der Waals surface area contributed by atoms with Gasteiger partial charge in [0.2, 0.25) is 10.0 Å². The number of carbonyl (C=O) groups excluding carboxylic acids is 1. The molecule has 30 heavy (non-hydrogen) atoms. The lowest BCUT2D eigenvalue weighted by molar-refractivity contribution is 0.231. The molecule has 2 fully saturated rings. The lowest BCUT2D eigenvalue weighted by atomic mass is 9.97. The lowest BCUT2D eigenvalue weighted by Gasteiger charge is -2.25. The number of rotatable bonds is 5. The molecular formula is C22H38FN3O3S. The van der Waals surface area contributed by atoms with Crippen LogP contribution in [0.15, 0.2) is 29.2 Å². The largest absolute Gasteiger partial charge is 0.337 e. The second-order valence-electron chi connectivity index (χ2n) is 7.76. The molecule has 0 radical (unpaired) electrons. The molecule has 1 aromatic carbocycles. The van der Waals surface area contributed by atoms with E-state index in [0.29, 0.717) is 13.0 Å². The number of hydrogen-bond acceptors (Lipinski definition) is 3. The normalized spacial score (nSPS) is 20.9. The Morgan fingerprint density at radius 2 is 1.57 bits per heavy atom. The van der Waals surface area contributed by atoms with Crippen LogP contribution in [-0.2, 0) is 10.0 Å². The Balaban J connectivity index is 0.00000225. The van der Waals surface area contributed by atoms with E-state index in [0.717, 1.165) is 44.2 Å². The number of sulfonamides is 1. The molecule has 1 unspecified atom stereocenters. The molecule has 1 atom stereocenters. The van der Waals surface area contributed by atoms with Crippen LogP contribution >= 0.6 is 0 Å². The Kier molecular flexibility index (Phi) is 10.8. The second kappa shape index (κ2) is 12.2. The van der Waals surface area contributed by atoms with E-state index in [1.807, 2.05) is 0 Å². The summed E-state index contributed by atoms with van der Waals surface area (Å²) in [5.41, 5.74) is 0. The van der Waals surface area contributed by atoms with Gasteiger partial charge in [-0.25, -0.2) is 17.6 Å². The number of nitrogens with one attached hydrogen (secondary N) is 2. The van der Waals surface area contributed by atoms with Crippen molar-refractivity contribution in [2.75, 3.05) is 13.1 Å². The Morgan fingerprint density at radius 1 is 0.967 bits per heavy atom. The summed E-state index contributed by atoms with van der Waals surface area (Å²) in [5, 5.41) is 5.90. The molecule has 2 amide bonds. The van der Waals surface area contributed by atoms with E-state index in [1.165, 1.54) is 35.7 Å². The minimum Gasteiger partial charge on any atom is -0.337 e. The molecule has 3 rings (SSSR count). The second-order valence-corrected chi connectivity index (χ2v) is 9.65. The van der Waals surface area contributed by atoms with Crippen molar-refractivity contribution in [2.45, 2.75) is 89.6 Å². The number of benzene rings is 1. The molecule has 1 saturated heterocycles. The molecular weight excluding hydrogens is 405 g/mol. The SMILES string of the molecule is C.C.O=C(NCC1CCCN1S(=O)(=O)c1ccc(F)cc1)NC1CCCCCCC1. The van der Waals surface area contributed by atoms with Crippen molar-refractivity contribution >= 4 is 16.1 Å². The summed E-state index contributed by atoms with van der Waals surface area (Å²) in [7, 11) is -3.69. The molecule has 8 heteroatoms. The number of nitrogens with zero attached hydrogens (tertiary/aromatic N) is 1. The van der Waals surface area contributed by atoms with Gasteiger partial charge in [-0.2, -0.15) is 4.31 Å². The topological polar surface area (TPSA) is 78.5 Å². The zero-order valence-electron chi connectivity index (χ0n) is 16.2. The Bertz CT molecular complexity index is 747. The number of amides is 2. The molecule has 1 aliphatic carbocycles. The maximum absolute atomic E-state index is 13.1. The third-order valence-electron chi connectivity index (χ3n) is 5.68. The van der Waals surface area contributed by atoms with Crippen LogP contribution in [0.5, 0.6) is 0 Å². The van der Waals surface area contributed by atoms with Gasteiger partial charge in [0.25, 0.3) is 0 Å². The van der Waals surface area contributed by atoms with Crippen LogP contribution in [0.1, 0.15) is 72.6 Å². The van der Waals surface area contributed by atoms with Crippen molar-refractivity contribution < 1.29 is 17.6 Å². The third kappa shape index (κ3) is 6.94. The van der Waals surface area contributed by atoms with Crippen LogP contribution in [-0.4, -0.2) is 43.9 Å². The van der Waals surface area contributed by atoms with Crippen LogP contribution in [0.2, 0.25) is 0 Å². The monoisotopic (exact) mass is 443 g/mol.